The molecule has 2 aromatic rings. The van der Waals surface area contributed by atoms with Crippen LogP contribution in [0.2, 0.25) is 5.15 Å². The molecule has 0 N–H and O–H groups in total. The fourth-order valence-electron chi connectivity index (χ4n) is 1.80. The molecule has 0 unspecified atom stereocenters. The van der Waals surface area contributed by atoms with Gasteiger partial charge in [-0.15, -0.1) is 5.10 Å². The molecule has 0 saturated heterocycles. The standard InChI is InChI=1S/C16H25ClN4O2S/c1-12(2)23-16-19-15(13-6-7-14(17)18-10-13)20-21(16)11-22-8-9-24(3,4)5/h6-7,10,12H,8-9,11H2,1-5H3. The number of hydrogen-bond donors (Lipinski definition) is 0. The predicted octanol–water partition coefficient (Wildman–Crippen LogP) is 3.45. The Labute approximate surface area is 149 Å². The summed E-state index contributed by atoms with van der Waals surface area (Å²) >= 11 is 5.83. The lowest BCUT2D eigenvalue weighted by Gasteiger charge is -2.24. The van der Waals surface area contributed by atoms with E-state index in [1.165, 1.54) is 0 Å². The van der Waals surface area contributed by atoms with Crippen LogP contribution in [0.4, 0.5) is 0 Å². The highest BCUT2D eigenvalue weighted by Gasteiger charge is 2.15. The van der Waals surface area contributed by atoms with Crippen molar-refractivity contribution in [2.45, 2.75) is 26.7 Å². The third-order valence-electron chi connectivity index (χ3n) is 3.02. The minimum absolute atomic E-state index is 0.00293. The first kappa shape index (κ1) is 19.0. The number of ether oxygens (including phenoxy) is 2. The van der Waals surface area contributed by atoms with Crippen molar-refractivity contribution in [1.29, 1.82) is 0 Å². The van der Waals surface area contributed by atoms with Gasteiger partial charge in [-0.1, -0.05) is 11.6 Å². The van der Waals surface area contributed by atoms with Gasteiger partial charge in [0.25, 0.3) is 0 Å². The van der Waals surface area contributed by atoms with E-state index in [0.717, 1.165) is 11.3 Å². The lowest BCUT2D eigenvalue weighted by atomic mass is 10.3. The van der Waals surface area contributed by atoms with Crippen molar-refractivity contribution in [3.63, 3.8) is 0 Å². The van der Waals surface area contributed by atoms with Crippen molar-refractivity contribution in [3.8, 4) is 17.4 Å². The summed E-state index contributed by atoms with van der Waals surface area (Å²) in [5.41, 5.74) is 0.783. The van der Waals surface area contributed by atoms with Crippen molar-refractivity contribution in [3.05, 3.63) is 23.5 Å². The van der Waals surface area contributed by atoms with E-state index in [-0.39, 0.29) is 6.10 Å². The number of rotatable bonds is 8. The maximum Gasteiger partial charge on any atom is 0.317 e. The number of aromatic nitrogens is 4. The molecule has 24 heavy (non-hydrogen) atoms. The summed E-state index contributed by atoms with van der Waals surface area (Å²) in [5.74, 6) is 1.59. The fraction of sp³-hybridized carbons (Fsp3) is 0.562. The van der Waals surface area contributed by atoms with Crippen LogP contribution in [0.15, 0.2) is 18.3 Å². The summed E-state index contributed by atoms with van der Waals surface area (Å²) < 4.78 is 13.1. The fourth-order valence-corrected chi connectivity index (χ4v) is 2.53. The molecule has 2 rings (SSSR count). The average Bonchev–Trinajstić information content (AvgIpc) is 2.85. The van der Waals surface area contributed by atoms with Gasteiger partial charge in [-0.25, -0.2) is 15.0 Å². The Bertz CT molecular complexity index is 653. The van der Waals surface area contributed by atoms with Gasteiger partial charge < -0.3 is 9.47 Å². The van der Waals surface area contributed by atoms with Crippen LogP contribution in [0, 0.1) is 0 Å². The van der Waals surface area contributed by atoms with Gasteiger partial charge in [-0.05, 0) is 44.7 Å². The quantitative estimate of drug-likeness (QED) is 0.524. The lowest BCUT2D eigenvalue weighted by Crippen LogP contribution is -2.15. The molecular weight excluding hydrogens is 348 g/mol. The molecular formula is C16H25ClN4O2S. The van der Waals surface area contributed by atoms with E-state index in [2.05, 4.69) is 33.8 Å². The van der Waals surface area contributed by atoms with Gasteiger partial charge in [0.05, 0.1) is 12.7 Å². The van der Waals surface area contributed by atoms with E-state index >= 15 is 0 Å². The van der Waals surface area contributed by atoms with Gasteiger partial charge in [0.15, 0.2) is 5.82 Å². The molecule has 0 aliphatic heterocycles. The highest BCUT2D eigenvalue weighted by molar-refractivity contribution is 8.32. The zero-order chi connectivity index (χ0) is 17.7. The Kier molecular flexibility index (Phi) is 6.48. The van der Waals surface area contributed by atoms with Crippen LogP contribution >= 0.6 is 21.6 Å². The van der Waals surface area contributed by atoms with Crippen LogP contribution in [0.3, 0.4) is 0 Å². The predicted molar refractivity (Wildman–Crippen MR) is 100 cm³/mol. The largest absolute Gasteiger partial charge is 0.461 e. The van der Waals surface area contributed by atoms with E-state index in [1.807, 2.05) is 19.9 Å². The Morgan fingerprint density at radius 3 is 2.58 bits per heavy atom. The Hall–Kier alpha value is -1.31. The molecule has 0 amide bonds. The van der Waals surface area contributed by atoms with E-state index in [9.17, 15) is 0 Å². The summed E-state index contributed by atoms with van der Waals surface area (Å²) in [4.78, 5) is 8.51. The molecule has 0 fully saturated rings. The highest BCUT2D eigenvalue weighted by Crippen LogP contribution is 2.33. The van der Waals surface area contributed by atoms with Gasteiger partial charge in [-0.3, -0.25) is 0 Å². The monoisotopic (exact) mass is 372 g/mol. The smallest absolute Gasteiger partial charge is 0.317 e. The van der Waals surface area contributed by atoms with Crippen LogP contribution in [0.5, 0.6) is 6.01 Å². The van der Waals surface area contributed by atoms with Crippen LogP contribution in [-0.2, 0) is 11.5 Å². The van der Waals surface area contributed by atoms with Gasteiger partial charge in [0.2, 0.25) is 0 Å². The normalized spacial score (nSPS) is 12.6. The second-order valence-corrected chi connectivity index (χ2v) is 11.6. The maximum absolute atomic E-state index is 5.83. The topological polar surface area (TPSA) is 62.1 Å². The molecule has 6 nitrogen and oxygen atoms in total. The first-order valence-corrected chi connectivity index (χ1v) is 11.1. The Balaban J connectivity index is 2.11. The zero-order valence-corrected chi connectivity index (χ0v) is 16.4. The third kappa shape index (κ3) is 5.96. The lowest BCUT2D eigenvalue weighted by molar-refractivity contribution is 0.0680. The summed E-state index contributed by atoms with van der Waals surface area (Å²) in [6, 6.07) is 3.99. The molecule has 134 valence electrons. The minimum Gasteiger partial charge on any atom is -0.461 e. The Morgan fingerprint density at radius 1 is 1.25 bits per heavy atom. The van der Waals surface area contributed by atoms with Crippen molar-refractivity contribution >= 4 is 21.6 Å². The highest BCUT2D eigenvalue weighted by atomic mass is 35.5. The van der Waals surface area contributed by atoms with Gasteiger partial charge in [0, 0.05) is 17.5 Å². The van der Waals surface area contributed by atoms with E-state index in [1.54, 1.807) is 16.9 Å². The molecule has 0 saturated carbocycles. The van der Waals surface area contributed by atoms with Crippen LogP contribution in [0.25, 0.3) is 11.4 Å². The molecule has 2 aromatic heterocycles. The van der Waals surface area contributed by atoms with Crippen LogP contribution < -0.4 is 4.74 Å². The summed E-state index contributed by atoms with van der Waals surface area (Å²) in [6.45, 7) is 4.90. The third-order valence-corrected chi connectivity index (χ3v) is 4.63. The summed E-state index contributed by atoms with van der Waals surface area (Å²) in [5, 5.41) is 4.91. The Morgan fingerprint density at radius 2 is 2.00 bits per heavy atom. The van der Waals surface area contributed by atoms with E-state index in [4.69, 9.17) is 21.1 Å². The van der Waals surface area contributed by atoms with Crippen LogP contribution in [0.1, 0.15) is 13.8 Å². The van der Waals surface area contributed by atoms with E-state index < -0.39 is 10.0 Å². The van der Waals surface area contributed by atoms with Gasteiger partial charge in [-0.2, -0.15) is 9.67 Å². The SMILES string of the molecule is CC(C)Oc1nc(-c2ccc(Cl)nc2)nn1COCCS(C)(C)C. The maximum atomic E-state index is 5.83. The summed E-state index contributed by atoms with van der Waals surface area (Å²) in [7, 11) is -0.572. The average molecular weight is 373 g/mol. The van der Waals surface area contributed by atoms with Gasteiger partial charge in [0.1, 0.15) is 11.9 Å². The van der Waals surface area contributed by atoms with Crippen LogP contribution in [-0.4, -0.2) is 57.0 Å². The van der Waals surface area contributed by atoms with Gasteiger partial charge >= 0.3 is 6.01 Å². The summed E-state index contributed by atoms with van der Waals surface area (Å²) in [6.07, 6.45) is 8.45. The number of nitrogens with zero attached hydrogens (tertiary/aromatic N) is 4. The van der Waals surface area contributed by atoms with Crippen molar-refractivity contribution < 1.29 is 9.47 Å². The number of pyridine rings is 1. The molecule has 0 atom stereocenters. The first-order valence-electron chi connectivity index (χ1n) is 7.72. The molecule has 0 aliphatic rings. The van der Waals surface area contributed by atoms with E-state index in [0.29, 0.717) is 30.3 Å². The molecule has 0 bridgehead atoms. The second-order valence-electron chi connectivity index (χ2n) is 6.59. The number of hydrogen-bond acceptors (Lipinski definition) is 5. The molecule has 0 spiro atoms. The first-order chi connectivity index (χ1) is 11.2. The molecule has 0 radical (unpaired) electrons. The molecule has 0 aromatic carbocycles. The molecule has 0 aliphatic carbocycles. The second kappa shape index (κ2) is 8.18. The zero-order valence-electron chi connectivity index (χ0n) is 14.8. The molecule has 2 heterocycles. The van der Waals surface area contributed by atoms with Crippen molar-refractivity contribution in [2.75, 3.05) is 31.1 Å². The van der Waals surface area contributed by atoms with Crippen molar-refractivity contribution in [2.24, 2.45) is 0 Å². The molecule has 8 heteroatoms. The minimum atomic E-state index is -0.572. The number of halogens is 1. The van der Waals surface area contributed by atoms with Crippen molar-refractivity contribution in [1.82, 2.24) is 19.7 Å².